The number of nitrogens with one attached hydrogen (secondary N) is 2. The number of ether oxygens (including phenoxy) is 2. The van der Waals surface area contributed by atoms with Crippen molar-refractivity contribution in [2.75, 3.05) is 13.7 Å². The van der Waals surface area contributed by atoms with Gasteiger partial charge in [-0.3, -0.25) is 20.4 Å². The lowest BCUT2D eigenvalue weighted by Gasteiger charge is -2.09. The summed E-state index contributed by atoms with van der Waals surface area (Å²) in [7, 11) is 1.47. The van der Waals surface area contributed by atoms with Gasteiger partial charge in [0, 0.05) is 6.08 Å². The number of amides is 2. The second kappa shape index (κ2) is 9.85. The maximum absolute atomic E-state index is 12.0. The zero-order valence-electron chi connectivity index (χ0n) is 14.4. The number of nitrogens with zero attached hydrogens (tertiary/aromatic N) is 1. The molecule has 8 heteroatoms. The normalized spacial score (nSPS) is 10.1. The van der Waals surface area contributed by atoms with E-state index in [9.17, 15) is 9.59 Å². The summed E-state index contributed by atoms with van der Waals surface area (Å²) in [6, 6.07) is 13.3. The van der Waals surface area contributed by atoms with Crippen LogP contribution in [0.25, 0.3) is 6.08 Å². The molecule has 138 valence electrons. The molecule has 0 atom stereocenters. The van der Waals surface area contributed by atoms with Crippen molar-refractivity contribution in [1.82, 2.24) is 10.9 Å². The van der Waals surface area contributed by atoms with Crippen molar-refractivity contribution in [2.24, 2.45) is 0 Å². The highest BCUT2D eigenvalue weighted by molar-refractivity contribution is 6.33. The topological polar surface area (TPSA) is 100 Å². The summed E-state index contributed by atoms with van der Waals surface area (Å²) in [5.41, 5.74) is 5.47. The van der Waals surface area contributed by atoms with Gasteiger partial charge in [-0.1, -0.05) is 29.8 Å². The zero-order chi connectivity index (χ0) is 19.6. The molecule has 0 aliphatic heterocycles. The van der Waals surface area contributed by atoms with Crippen LogP contribution in [-0.2, 0) is 4.79 Å². The minimum atomic E-state index is -0.529. The van der Waals surface area contributed by atoms with Crippen molar-refractivity contribution in [3.63, 3.8) is 0 Å². The Balaban J connectivity index is 1.95. The van der Waals surface area contributed by atoms with E-state index in [1.165, 1.54) is 19.3 Å². The third kappa shape index (κ3) is 5.76. The van der Waals surface area contributed by atoms with Crippen molar-refractivity contribution >= 4 is 29.5 Å². The molecule has 2 aromatic carbocycles. The summed E-state index contributed by atoms with van der Waals surface area (Å²) in [4.78, 5) is 23.8. The Labute approximate surface area is 161 Å². The SMILES string of the molecule is COc1cc(/C=C/C(=O)NNC(=O)c2ccccc2Cl)ccc1OCC#N. The minimum Gasteiger partial charge on any atom is -0.493 e. The van der Waals surface area contributed by atoms with Gasteiger partial charge in [0.25, 0.3) is 11.8 Å². The van der Waals surface area contributed by atoms with Gasteiger partial charge in [-0.15, -0.1) is 0 Å². The average Bonchev–Trinajstić information content (AvgIpc) is 2.69. The minimum absolute atomic E-state index is 0.0981. The fraction of sp³-hybridized carbons (Fsp3) is 0.105. The molecule has 2 N–H and O–H groups in total. The first-order valence-corrected chi connectivity index (χ1v) is 8.13. The molecule has 0 saturated heterocycles. The lowest BCUT2D eigenvalue weighted by Crippen LogP contribution is -2.40. The first kappa shape index (κ1) is 19.8. The van der Waals surface area contributed by atoms with Gasteiger partial charge in [-0.05, 0) is 35.9 Å². The Morgan fingerprint density at radius 3 is 2.67 bits per heavy atom. The lowest BCUT2D eigenvalue weighted by atomic mass is 10.2. The third-order valence-electron chi connectivity index (χ3n) is 3.32. The van der Waals surface area contributed by atoms with Crippen LogP contribution in [-0.4, -0.2) is 25.5 Å². The standard InChI is InChI=1S/C19H16ClN3O4/c1-26-17-12-13(6-8-16(17)27-11-10-21)7-9-18(24)22-23-19(25)14-4-2-3-5-15(14)20/h2-9,12H,11H2,1H3,(H,22,24)(H,23,25)/b9-7+. The maximum Gasteiger partial charge on any atom is 0.271 e. The maximum atomic E-state index is 12.0. The molecule has 0 heterocycles. The number of hydrogen-bond acceptors (Lipinski definition) is 5. The van der Waals surface area contributed by atoms with Gasteiger partial charge < -0.3 is 9.47 Å². The highest BCUT2D eigenvalue weighted by atomic mass is 35.5. The highest BCUT2D eigenvalue weighted by Gasteiger charge is 2.09. The second-order valence-corrected chi connectivity index (χ2v) is 5.52. The van der Waals surface area contributed by atoms with E-state index in [0.717, 1.165) is 0 Å². The monoisotopic (exact) mass is 385 g/mol. The summed E-state index contributed by atoms with van der Waals surface area (Å²) in [6.07, 6.45) is 2.78. The quantitative estimate of drug-likeness (QED) is 0.588. The smallest absolute Gasteiger partial charge is 0.271 e. The largest absolute Gasteiger partial charge is 0.493 e. The fourth-order valence-electron chi connectivity index (χ4n) is 2.06. The van der Waals surface area contributed by atoms with E-state index < -0.39 is 11.8 Å². The molecule has 0 spiro atoms. The molecule has 2 aromatic rings. The summed E-state index contributed by atoms with van der Waals surface area (Å²) in [5.74, 6) is -0.199. The number of methoxy groups -OCH3 is 1. The molecule has 0 bridgehead atoms. The van der Waals surface area contributed by atoms with Gasteiger partial charge in [-0.2, -0.15) is 5.26 Å². The van der Waals surface area contributed by atoms with Crippen LogP contribution < -0.4 is 20.3 Å². The molecule has 0 radical (unpaired) electrons. The number of rotatable bonds is 6. The van der Waals surface area contributed by atoms with E-state index >= 15 is 0 Å². The number of nitriles is 1. The molecule has 0 fully saturated rings. The molecule has 0 aliphatic carbocycles. The molecule has 2 amide bonds. The van der Waals surface area contributed by atoms with Gasteiger partial charge in [-0.25, -0.2) is 0 Å². The van der Waals surface area contributed by atoms with Crippen molar-refractivity contribution in [3.05, 3.63) is 64.7 Å². The number of carbonyl (C=O) groups is 2. The van der Waals surface area contributed by atoms with E-state index in [-0.39, 0.29) is 17.2 Å². The average molecular weight is 386 g/mol. The Bertz CT molecular complexity index is 906. The lowest BCUT2D eigenvalue weighted by molar-refractivity contribution is -0.117. The molecular formula is C19H16ClN3O4. The van der Waals surface area contributed by atoms with Crippen LogP contribution in [0.5, 0.6) is 11.5 Å². The summed E-state index contributed by atoms with van der Waals surface area (Å²) < 4.78 is 10.4. The van der Waals surface area contributed by atoms with E-state index in [1.807, 2.05) is 6.07 Å². The van der Waals surface area contributed by atoms with Crippen LogP contribution in [0.4, 0.5) is 0 Å². The van der Waals surface area contributed by atoms with Crippen molar-refractivity contribution in [3.8, 4) is 17.6 Å². The molecule has 27 heavy (non-hydrogen) atoms. The van der Waals surface area contributed by atoms with E-state index in [0.29, 0.717) is 17.1 Å². The molecule has 7 nitrogen and oxygen atoms in total. The van der Waals surface area contributed by atoms with Crippen LogP contribution >= 0.6 is 11.6 Å². The van der Waals surface area contributed by atoms with Crippen molar-refractivity contribution < 1.29 is 19.1 Å². The Kier molecular flexibility index (Phi) is 7.23. The van der Waals surface area contributed by atoms with Crippen molar-refractivity contribution in [2.45, 2.75) is 0 Å². The number of benzene rings is 2. The zero-order valence-corrected chi connectivity index (χ0v) is 15.1. The van der Waals surface area contributed by atoms with Gasteiger partial charge in [0.05, 0.1) is 17.7 Å². The second-order valence-electron chi connectivity index (χ2n) is 5.11. The van der Waals surface area contributed by atoms with E-state index in [2.05, 4.69) is 10.9 Å². The van der Waals surface area contributed by atoms with Crippen LogP contribution in [0, 0.1) is 11.3 Å². The Hall–Kier alpha value is -3.50. The predicted molar refractivity (Wildman–Crippen MR) is 100 cm³/mol. The molecule has 0 aromatic heterocycles. The molecule has 0 saturated carbocycles. The number of halogens is 1. The number of hydrogen-bond donors (Lipinski definition) is 2. The van der Waals surface area contributed by atoms with Gasteiger partial charge in [0.1, 0.15) is 6.07 Å². The molecule has 0 unspecified atom stereocenters. The van der Waals surface area contributed by atoms with Crippen LogP contribution in [0.15, 0.2) is 48.5 Å². The van der Waals surface area contributed by atoms with E-state index in [4.69, 9.17) is 26.3 Å². The predicted octanol–water partition coefficient (Wildman–Crippen LogP) is 2.73. The summed E-state index contributed by atoms with van der Waals surface area (Å²) in [6.45, 7) is -0.0981. The highest BCUT2D eigenvalue weighted by Crippen LogP contribution is 2.28. The summed E-state index contributed by atoms with van der Waals surface area (Å²) >= 11 is 5.92. The molecule has 0 aliphatic rings. The number of hydrazine groups is 1. The third-order valence-corrected chi connectivity index (χ3v) is 3.65. The van der Waals surface area contributed by atoms with Crippen LogP contribution in [0.2, 0.25) is 5.02 Å². The fourth-order valence-corrected chi connectivity index (χ4v) is 2.28. The van der Waals surface area contributed by atoms with Crippen molar-refractivity contribution in [1.29, 1.82) is 5.26 Å². The first-order chi connectivity index (χ1) is 13.0. The summed E-state index contributed by atoms with van der Waals surface area (Å²) in [5, 5.41) is 8.84. The number of carbonyl (C=O) groups excluding carboxylic acids is 2. The molecule has 2 rings (SSSR count). The van der Waals surface area contributed by atoms with Gasteiger partial charge in [0.15, 0.2) is 18.1 Å². The van der Waals surface area contributed by atoms with E-state index in [1.54, 1.807) is 42.5 Å². The van der Waals surface area contributed by atoms with Crippen LogP contribution in [0.3, 0.4) is 0 Å². The van der Waals surface area contributed by atoms with Gasteiger partial charge >= 0.3 is 0 Å². The van der Waals surface area contributed by atoms with Gasteiger partial charge in [0.2, 0.25) is 0 Å². The molecular weight excluding hydrogens is 370 g/mol. The van der Waals surface area contributed by atoms with Crippen LogP contribution in [0.1, 0.15) is 15.9 Å². The Morgan fingerprint density at radius 2 is 1.96 bits per heavy atom. The first-order valence-electron chi connectivity index (χ1n) is 7.76. The Morgan fingerprint density at radius 1 is 1.19 bits per heavy atom.